The van der Waals surface area contributed by atoms with Crippen LogP contribution >= 0.6 is 23.1 Å². The first-order valence-electron chi connectivity index (χ1n) is 6.79. The van der Waals surface area contributed by atoms with Gasteiger partial charge in [0.05, 0.1) is 11.4 Å². The van der Waals surface area contributed by atoms with E-state index >= 15 is 0 Å². The first-order chi connectivity index (χ1) is 10.7. The number of amides is 1. The van der Waals surface area contributed by atoms with Crippen molar-refractivity contribution in [2.75, 3.05) is 24.1 Å². The standard InChI is InChI=1S/C15H16N2O3S2/c1-9-13(22-15(16-9)17-14(18)7-21-2)6-10-3-4-11-12(5-10)20-8-19-11/h3-5H,6-8H2,1-2H3,(H,16,17,18). The molecule has 7 heteroatoms. The minimum absolute atomic E-state index is 0.0177. The average Bonchev–Trinajstić information content (AvgIpc) is 3.06. The summed E-state index contributed by atoms with van der Waals surface area (Å²) in [5, 5.41) is 3.49. The van der Waals surface area contributed by atoms with Gasteiger partial charge < -0.3 is 14.8 Å². The number of hydrogen-bond donors (Lipinski definition) is 1. The van der Waals surface area contributed by atoms with Gasteiger partial charge in [0.1, 0.15) is 0 Å². The number of thioether (sulfide) groups is 1. The van der Waals surface area contributed by atoms with Crippen molar-refractivity contribution < 1.29 is 14.3 Å². The lowest BCUT2D eigenvalue weighted by Gasteiger charge is -2.02. The Morgan fingerprint density at radius 3 is 3.05 bits per heavy atom. The van der Waals surface area contributed by atoms with Gasteiger partial charge in [-0.15, -0.1) is 11.3 Å². The SMILES string of the molecule is CSCC(=O)Nc1nc(C)c(Cc2ccc3c(c2)OCO3)s1. The molecule has 5 nitrogen and oxygen atoms in total. The number of aryl methyl sites for hydroxylation is 1. The van der Waals surface area contributed by atoms with E-state index in [-0.39, 0.29) is 12.7 Å². The molecule has 1 N–H and O–H groups in total. The molecular formula is C15H16N2O3S2. The van der Waals surface area contributed by atoms with Crippen LogP contribution in [0.3, 0.4) is 0 Å². The predicted molar refractivity (Wildman–Crippen MR) is 89.2 cm³/mol. The summed E-state index contributed by atoms with van der Waals surface area (Å²) in [4.78, 5) is 17.2. The second-order valence-corrected chi connectivity index (χ2v) is 6.82. The molecule has 0 aliphatic carbocycles. The van der Waals surface area contributed by atoms with Crippen LogP contribution in [0.1, 0.15) is 16.1 Å². The molecule has 1 aromatic heterocycles. The number of hydrogen-bond acceptors (Lipinski definition) is 6. The smallest absolute Gasteiger partial charge is 0.236 e. The highest BCUT2D eigenvalue weighted by Crippen LogP contribution is 2.34. The highest BCUT2D eigenvalue weighted by Gasteiger charge is 2.15. The quantitative estimate of drug-likeness (QED) is 0.909. The fourth-order valence-corrected chi connectivity index (χ4v) is 3.52. The number of nitrogens with zero attached hydrogens (tertiary/aromatic N) is 1. The Hall–Kier alpha value is -1.73. The summed E-state index contributed by atoms with van der Waals surface area (Å²) in [6.07, 6.45) is 2.66. The summed E-state index contributed by atoms with van der Waals surface area (Å²) in [7, 11) is 0. The number of thiazole rings is 1. The molecular weight excluding hydrogens is 320 g/mol. The summed E-state index contributed by atoms with van der Waals surface area (Å²) in [6, 6.07) is 5.95. The van der Waals surface area contributed by atoms with Gasteiger partial charge in [-0.25, -0.2) is 4.98 Å². The third kappa shape index (κ3) is 3.36. The lowest BCUT2D eigenvalue weighted by atomic mass is 10.1. The highest BCUT2D eigenvalue weighted by atomic mass is 32.2. The van der Waals surface area contributed by atoms with Crippen molar-refractivity contribution >= 4 is 34.1 Å². The number of rotatable bonds is 5. The van der Waals surface area contributed by atoms with Gasteiger partial charge in [-0.3, -0.25) is 4.79 Å². The van der Waals surface area contributed by atoms with E-state index in [0.717, 1.165) is 34.1 Å². The van der Waals surface area contributed by atoms with Gasteiger partial charge in [0.15, 0.2) is 16.6 Å². The number of fused-ring (bicyclic) bond motifs is 1. The van der Waals surface area contributed by atoms with E-state index in [1.807, 2.05) is 31.4 Å². The van der Waals surface area contributed by atoms with E-state index in [1.165, 1.54) is 23.1 Å². The first-order valence-corrected chi connectivity index (χ1v) is 9.00. The molecule has 2 aromatic rings. The van der Waals surface area contributed by atoms with Crippen molar-refractivity contribution in [1.29, 1.82) is 0 Å². The molecule has 1 aliphatic heterocycles. The van der Waals surface area contributed by atoms with Crippen LogP contribution in [0.25, 0.3) is 0 Å². The summed E-state index contributed by atoms with van der Waals surface area (Å²) in [6.45, 7) is 2.24. The van der Waals surface area contributed by atoms with Crippen LogP contribution in [0.5, 0.6) is 11.5 Å². The number of ether oxygens (including phenoxy) is 2. The Bertz CT molecular complexity index is 700. The first kappa shape index (κ1) is 15.2. The summed E-state index contributed by atoms with van der Waals surface area (Å²) < 4.78 is 10.7. The third-order valence-electron chi connectivity index (χ3n) is 3.22. The molecule has 0 fully saturated rings. The maximum Gasteiger partial charge on any atom is 0.236 e. The normalized spacial score (nSPS) is 12.5. The summed E-state index contributed by atoms with van der Waals surface area (Å²) in [5.74, 6) is 2.00. The van der Waals surface area contributed by atoms with Crippen LogP contribution in [0.2, 0.25) is 0 Å². The van der Waals surface area contributed by atoms with Crippen molar-refractivity contribution in [3.8, 4) is 11.5 Å². The Morgan fingerprint density at radius 1 is 1.41 bits per heavy atom. The van der Waals surface area contributed by atoms with Crippen LogP contribution < -0.4 is 14.8 Å². The van der Waals surface area contributed by atoms with Gasteiger partial charge in [0, 0.05) is 11.3 Å². The molecule has 0 bridgehead atoms. The van der Waals surface area contributed by atoms with Crippen LogP contribution in [0.4, 0.5) is 5.13 Å². The summed E-state index contributed by atoms with van der Waals surface area (Å²) >= 11 is 3.01. The monoisotopic (exact) mass is 336 g/mol. The maximum absolute atomic E-state index is 11.6. The van der Waals surface area contributed by atoms with Crippen LogP contribution in [0.15, 0.2) is 18.2 Å². The van der Waals surface area contributed by atoms with Crippen molar-refractivity contribution in [3.05, 3.63) is 34.3 Å². The Balaban J connectivity index is 1.72. The van der Waals surface area contributed by atoms with Crippen LogP contribution in [-0.4, -0.2) is 29.7 Å². The van der Waals surface area contributed by atoms with Crippen molar-refractivity contribution in [3.63, 3.8) is 0 Å². The van der Waals surface area contributed by atoms with Crippen LogP contribution in [-0.2, 0) is 11.2 Å². The molecule has 0 radical (unpaired) electrons. The summed E-state index contributed by atoms with van der Waals surface area (Å²) in [5.41, 5.74) is 2.08. The van der Waals surface area contributed by atoms with Gasteiger partial charge in [0.25, 0.3) is 0 Å². The fraction of sp³-hybridized carbons (Fsp3) is 0.333. The molecule has 2 heterocycles. The molecule has 0 spiro atoms. The van der Waals surface area contributed by atoms with E-state index in [9.17, 15) is 4.79 Å². The molecule has 1 aliphatic rings. The molecule has 0 saturated heterocycles. The van der Waals surface area contributed by atoms with Gasteiger partial charge in [-0.05, 0) is 30.9 Å². The second kappa shape index (κ2) is 6.58. The molecule has 22 heavy (non-hydrogen) atoms. The zero-order valence-corrected chi connectivity index (χ0v) is 14.0. The number of anilines is 1. The predicted octanol–water partition coefficient (Wildman–Crippen LogP) is 3.07. The second-order valence-electron chi connectivity index (χ2n) is 4.87. The lowest BCUT2D eigenvalue weighted by Crippen LogP contribution is -2.13. The molecule has 0 atom stereocenters. The largest absolute Gasteiger partial charge is 0.454 e. The van der Waals surface area contributed by atoms with E-state index in [2.05, 4.69) is 10.3 Å². The van der Waals surface area contributed by atoms with Gasteiger partial charge in [0.2, 0.25) is 12.7 Å². The van der Waals surface area contributed by atoms with Crippen molar-refractivity contribution in [2.24, 2.45) is 0 Å². The highest BCUT2D eigenvalue weighted by molar-refractivity contribution is 7.99. The van der Waals surface area contributed by atoms with E-state index in [0.29, 0.717) is 10.9 Å². The van der Waals surface area contributed by atoms with Crippen molar-refractivity contribution in [1.82, 2.24) is 4.98 Å². The number of benzene rings is 1. The Labute approximate surface area is 137 Å². The molecule has 3 rings (SSSR count). The zero-order valence-electron chi connectivity index (χ0n) is 12.3. The molecule has 1 amide bonds. The van der Waals surface area contributed by atoms with E-state index in [1.54, 1.807) is 0 Å². The number of carbonyl (C=O) groups excluding carboxylic acids is 1. The third-order valence-corrected chi connectivity index (χ3v) is 4.84. The number of nitrogens with one attached hydrogen (secondary N) is 1. The minimum atomic E-state index is -0.0177. The van der Waals surface area contributed by atoms with E-state index in [4.69, 9.17) is 9.47 Å². The lowest BCUT2D eigenvalue weighted by molar-refractivity contribution is -0.113. The molecule has 0 saturated carbocycles. The number of aromatic nitrogens is 1. The van der Waals surface area contributed by atoms with Gasteiger partial charge in [-0.1, -0.05) is 6.07 Å². The topological polar surface area (TPSA) is 60.5 Å². The molecule has 0 unspecified atom stereocenters. The Morgan fingerprint density at radius 2 is 2.23 bits per heavy atom. The zero-order chi connectivity index (χ0) is 15.5. The van der Waals surface area contributed by atoms with Gasteiger partial charge in [-0.2, -0.15) is 11.8 Å². The average molecular weight is 336 g/mol. The minimum Gasteiger partial charge on any atom is -0.454 e. The van der Waals surface area contributed by atoms with E-state index < -0.39 is 0 Å². The molecule has 1 aromatic carbocycles. The maximum atomic E-state index is 11.6. The Kier molecular flexibility index (Phi) is 4.54. The van der Waals surface area contributed by atoms with Gasteiger partial charge >= 0.3 is 0 Å². The fourth-order valence-electron chi connectivity index (χ4n) is 2.17. The van der Waals surface area contributed by atoms with Crippen LogP contribution in [0, 0.1) is 6.92 Å². The molecule has 116 valence electrons. The number of carbonyl (C=O) groups is 1. The van der Waals surface area contributed by atoms with Crippen molar-refractivity contribution in [2.45, 2.75) is 13.3 Å².